The summed E-state index contributed by atoms with van der Waals surface area (Å²) >= 11 is 2.11. The molecule has 1 amide bonds. The van der Waals surface area contributed by atoms with Crippen LogP contribution in [0.2, 0.25) is 0 Å². The van der Waals surface area contributed by atoms with E-state index in [0.29, 0.717) is 5.69 Å². The SMILES string of the molecule is CC(=O)O[C@@H](C)C(=O)C(=O)N(c1ccccc1I)C(C)C. The minimum absolute atomic E-state index is 0.193. The second-order valence-electron chi connectivity index (χ2n) is 4.84. The van der Waals surface area contributed by atoms with Crippen molar-refractivity contribution < 1.29 is 19.1 Å². The van der Waals surface area contributed by atoms with Gasteiger partial charge in [0.2, 0.25) is 0 Å². The molecule has 0 aliphatic heterocycles. The molecule has 0 heterocycles. The van der Waals surface area contributed by atoms with Gasteiger partial charge in [-0.05, 0) is 55.5 Å². The minimum atomic E-state index is -1.09. The summed E-state index contributed by atoms with van der Waals surface area (Å²) in [5.74, 6) is -2.00. The Morgan fingerprint density at radius 1 is 1.14 bits per heavy atom. The molecule has 0 unspecified atom stereocenters. The summed E-state index contributed by atoms with van der Waals surface area (Å²) in [6, 6.07) is 7.11. The molecule has 0 aliphatic rings. The topological polar surface area (TPSA) is 63.7 Å². The van der Waals surface area contributed by atoms with Crippen LogP contribution in [-0.4, -0.2) is 29.8 Å². The smallest absolute Gasteiger partial charge is 0.303 e. The largest absolute Gasteiger partial charge is 0.454 e. The second kappa shape index (κ2) is 7.53. The number of esters is 1. The average molecular weight is 403 g/mol. The van der Waals surface area contributed by atoms with Crippen LogP contribution in [0.5, 0.6) is 0 Å². The van der Waals surface area contributed by atoms with E-state index in [1.165, 1.54) is 18.7 Å². The van der Waals surface area contributed by atoms with E-state index in [1.54, 1.807) is 12.1 Å². The number of ether oxygens (including phenoxy) is 1. The molecule has 1 aromatic carbocycles. The summed E-state index contributed by atoms with van der Waals surface area (Å²) in [5, 5.41) is 0. The van der Waals surface area contributed by atoms with Gasteiger partial charge in [0.25, 0.3) is 11.7 Å². The van der Waals surface area contributed by atoms with Crippen molar-refractivity contribution in [2.45, 2.75) is 39.8 Å². The Kier molecular flexibility index (Phi) is 6.32. The van der Waals surface area contributed by atoms with Crippen molar-refractivity contribution >= 4 is 45.9 Å². The molecular formula is C15H18INO4. The fraction of sp³-hybridized carbons (Fsp3) is 0.400. The van der Waals surface area contributed by atoms with E-state index >= 15 is 0 Å². The monoisotopic (exact) mass is 403 g/mol. The molecule has 0 aliphatic carbocycles. The molecule has 5 nitrogen and oxygen atoms in total. The van der Waals surface area contributed by atoms with Gasteiger partial charge in [0, 0.05) is 16.5 Å². The Morgan fingerprint density at radius 3 is 2.19 bits per heavy atom. The first kappa shape index (κ1) is 17.6. The summed E-state index contributed by atoms with van der Waals surface area (Å²) in [4.78, 5) is 36.9. The number of rotatable bonds is 5. The Balaban J connectivity index is 3.07. The number of Topliss-reactive ketones (excluding diaryl/α,β-unsaturated/α-hetero) is 1. The van der Waals surface area contributed by atoms with Crippen molar-refractivity contribution in [3.63, 3.8) is 0 Å². The van der Waals surface area contributed by atoms with Gasteiger partial charge < -0.3 is 9.64 Å². The average Bonchev–Trinajstić information content (AvgIpc) is 2.39. The molecule has 114 valence electrons. The van der Waals surface area contributed by atoms with Gasteiger partial charge in [-0.15, -0.1) is 0 Å². The number of benzene rings is 1. The molecule has 0 fully saturated rings. The number of para-hydroxylation sites is 1. The van der Waals surface area contributed by atoms with Crippen molar-refractivity contribution in [1.82, 2.24) is 0 Å². The molecule has 0 saturated heterocycles. The first-order valence-corrected chi connectivity index (χ1v) is 7.62. The highest BCUT2D eigenvalue weighted by molar-refractivity contribution is 14.1. The van der Waals surface area contributed by atoms with E-state index in [2.05, 4.69) is 22.6 Å². The number of carbonyl (C=O) groups excluding carboxylic acids is 3. The number of hydrogen-bond acceptors (Lipinski definition) is 4. The maximum Gasteiger partial charge on any atom is 0.303 e. The van der Waals surface area contributed by atoms with Crippen LogP contribution in [0.15, 0.2) is 24.3 Å². The van der Waals surface area contributed by atoms with Gasteiger partial charge >= 0.3 is 5.97 Å². The maximum atomic E-state index is 12.4. The molecule has 0 radical (unpaired) electrons. The fourth-order valence-corrected chi connectivity index (χ4v) is 2.51. The van der Waals surface area contributed by atoms with E-state index in [4.69, 9.17) is 4.74 Å². The Labute approximate surface area is 137 Å². The second-order valence-corrected chi connectivity index (χ2v) is 6.00. The Bertz CT molecular complexity index is 556. The predicted molar refractivity (Wildman–Crippen MR) is 88.0 cm³/mol. The highest BCUT2D eigenvalue weighted by atomic mass is 127. The van der Waals surface area contributed by atoms with Gasteiger partial charge in [0.05, 0.1) is 5.69 Å². The van der Waals surface area contributed by atoms with Crippen molar-refractivity contribution in [2.75, 3.05) is 4.90 Å². The lowest BCUT2D eigenvalue weighted by molar-refractivity contribution is -0.154. The summed E-state index contributed by atoms with van der Waals surface area (Å²) in [6.07, 6.45) is -1.09. The summed E-state index contributed by atoms with van der Waals surface area (Å²) in [6.45, 7) is 6.25. The predicted octanol–water partition coefficient (Wildman–Crippen LogP) is 2.55. The number of halogens is 1. The third-order valence-electron chi connectivity index (χ3n) is 2.77. The van der Waals surface area contributed by atoms with Crippen LogP contribution in [0, 0.1) is 3.57 Å². The number of nitrogens with zero attached hydrogens (tertiary/aromatic N) is 1. The summed E-state index contributed by atoms with van der Waals surface area (Å²) in [5.41, 5.74) is 0.668. The third kappa shape index (κ3) is 4.52. The lowest BCUT2D eigenvalue weighted by atomic mass is 10.1. The number of ketones is 1. The van der Waals surface area contributed by atoms with Crippen LogP contribution in [0.1, 0.15) is 27.7 Å². The van der Waals surface area contributed by atoms with Crippen LogP contribution in [0.25, 0.3) is 0 Å². The fourth-order valence-electron chi connectivity index (χ4n) is 1.86. The standard InChI is InChI=1S/C15H18INO4/c1-9(2)17(13-8-6-5-7-12(13)16)15(20)14(19)10(3)21-11(4)18/h5-10H,1-4H3/t10-/m0/s1. The van der Waals surface area contributed by atoms with E-state index in [1.807, 2.05) is 26.0 Å². The van der Waals surface area contributed by atoms with Gasteiger partial charge in [-0.1, -0.05) is 12.1 Å². The molecule has 0 bridgehead atoms. The van der Waals surface area contributed by atoms with Crippen LogP contribution in [0.3, 0.4) is 0 Å². The van der Waals surface area contributed by atoms with Gasteiger partial charge in [0.15, 0.2) is 6.10 Å². The summed E-state index contributed by atoms with van der Waals surface area (Å²) in [7, 11) is 0. The zero-order chi connectivity index (χ0) is 16.2. The molecule has 1 atom stereocenters. The first-order chi connectivity index (χ1) is 9.75. The number of carbonyl (C=O) groups is 3. The lowest BCUT2D eigenvalue weighted by Crippen LogP contribution is -2.45. The molecule has 6 heteroatoms. The lowest BCUT2D eigenvalue weighted by Gasteiger charge is -2.28. The molecule has 0 spiro atoms. The number of amides is 1. The molecule has 1 aromatic rings. The van der Waals surface area contributed by atoms with E-state index < -0.39 is 23.8 Å². The van der Waals surface area contributed by atoms with Crippen LogP contribution in [0.4, 0.5) is 5.69 Å². The molecule has 21 heavy (non-hydrogen) atoms. The van der Waals surface area contributed by atoms with Gasteiger partial charge in [-0.25, -0.2) is 0 Å². The number of anilines is 1. The van der Waals surface area contributed by atoms with Crippen LogP contribution in [-0.2, 0) is 19.1 Å². The normalized spacial score (nSPS) is 11.9. The molecule has 0 aromatic heterocycles. The van der Waals surface area contributed by atoms with E-state index in [-0.39, 0.29) is 6.04 Å². The Hall–Kier alpha value is -1.44. The van der Waals surface area contributed by atoms with Crippen LogP contribution < -0.4 is 4.90 Å². The van der Waals surface area contributed by atoms with Gasteiger partial charge in [-0.3, -0.25) is 14.4 Å². The van der Waals surface area contributed by atoms with E-state index in [0.717, 1.165) is 3.57 Å². The van der Waals surface area contributed by atoms with Crippen molar-refractivity contribution in [1.29, 1.82) is 0 Å². The van der Waals surface area contributed by atoms with Crippen molar-refractivity contribution in [3.05, 3.63) is 27.8 Å². The quantitative estimate of drug-likeness (QED) is 0.431. The third-order valence-corrected chi connectivity index (χ3v) is 3.68. The Morgan fingerprint density at radius 2 is 1.71 bits per heavy atom. The van der Waals surface area contributed by atoms with Gasteiger partial charge in [-0.2, -0.15) is 0 Å². The first-order valence-electron chi connectivity index (χ1n) is 6.54. The zero-order valence-electron chi connectivity index (χ0n) is 12.4. The molecule has 0 saturated carbocycles. The van der Waals surface area contributed by atoms with Crippen LogP contribution >= 0.6 is 22.6 Å². The molecule has 0 N–H and O–H groups in total. The molecule has 1 rings (SSSR count). The minimum Gasteiger partial charge on any atom is -0.454 e. The summed E-state index contributed by atoms with van der Waals surface area (Å²) < 4.78 is 5.66. The number of hydrogen-bond donors (Lipinski definition) is 0. The van der Waals surface area contributed by atoms with Gasteiger partial charge in [0.1, 0.15) is 0 Å². The van der Waals surface area contributed by atoms with E-state index in [9.17, 15) is 14.4 Å². The maximum absolute atomic E-state index is 12.4. The zero-order valence-corrected chi connectivity index (χ0v) is 14.6. The highest BCUT2D eigenvalue weighted by Gasteiger charge is 2.31. The highest BCUT2D eigenvalue weighted by Crippen LogP contribution is 2.24. The van der Waals surface area contributed by atoms with Crippen molar-refractivity contribution in [3.8, 4) is 0 Å². The molecular weight excluding hydrogens is 385 g/mol. The van der Waals surface area contributed by atoms with Crippen molar-refractivity contribution in [2.24, 2.45) is 0 Å².